The second kappa shape index (κ2) is 8.43. The third-order valence-electron chi connectivity index (χ3n) is 5.76. The maximum absolute atomic E-state index is 12.8. The molecule has 29 heavy (non-hydrogen) atoms. The average Bonchev–Trinajstić information content (AvgIpc) is 3.18. The highest BCUT2D eigenvalue weighted by Gasteiger charge is 2.22. The molecule has 1 aromatic heterocycles. The quantitative estimate of drug-likeness (QED) is 0.566. The van der Waals surface area contributed by atoms with Gasteiger partial charge in [0.15, 0.2) is 22.9 Å². The smallest absolute Gasteiger partial charge is 0.198 e. The Morgan fingerprint density at radius 1 is 1.00 bits per heavy atom. The number of likely N-dealkylation sites (N-methyl/N-ethyl adjacent to an activating group) is 1. The summed E-state index contributed by atoms with van der Waals surface area (Å²) in [4.78, 5) is 17.6. The van der Waals surface area contributed by atoms with Gasteiger partial charge in [-0.2, -0.15) is 0 Å². The van der Waals surface area contributed by atoms with Crippen molar-refractivity contribution in [2.75, 3.05) is 54.0 Å². The van der Waals surface area contributed by atoms with E-state index in [1.54, 1.807) is 20.3 Å². The Balaban J connectivity index is 1.56. The number of ketones is 1. The lowest BCUT2D eigenvalue weighted by molar-refractivity contribution is 0.0942. The molecule has 2 aromatic carbocycles. The van der Waals surface area contributed by atoms with Crippen LogP contribution in [0, 0.1) is 0 Å². The summed E-state index contributed by atoms with van der Waals surface area (Å²) >= 11 is 0. The van der Waals surface area contributed by atoms with Crippen LogP contribution in [0.15, 0.2) is 34.7 Å². The molecule has 0 amide bonds. The van der Waals surface area contributed by atoms with E-state index in [2.05, 4.69) is 16.8 Å². The molecule has 6 nitrogen and oxygen atoms in total. The molecule has 0 saturated carbocycles. The number of hydrogen-bond donors (Lipinski definition) is 0. The maximum Gasteiger partial charge on any atom is 0.198 e. The second-order valence-electron chi connectivity index (χ2n) is 7.64. The van der Waals surface area contributed by atoms with Crippen molar-refractivity contribution in [3.05, 3.63) is 36.1 Å². The molecule has 1 aliphatic heterocycles. The molecule has 4 rings (SSSR count). The van der Waals surface area contributed by atoms with Crippen molar-refractivity contribution < 1.29 is 18.7 Å². The summed E-state index contributed by atoms with van der Waals surface area (Å²) in [5.41, 5.74) is 0.561. The highest BCUT2D eigenvalue weighted by atomic mass is 16.5. The van der Waals surface area contributed by atoms with Gasteiger partial charge < -0.3 is 23.7 Å². The highest BCUT2D eigenvalue weighted by molar-refractivity contribution is 6.11. The zero-order valence-electron chi connectivity index (χ0n) is 17.4. The van der Waals surface area contributed by atoms with E-state index in [0.717, 1.165) is 55.3 Å². The third kappa shape index (κ3) is 3.82. The van der Waals surface area contributed by atoms with Crippen molar-refractivity contribution in [3.63, 3.8) is 0 Å². The molecule has 2 heterocycles. The number of nitrogens with zero attached hydrogens (tertiary/aromatic N) is 2. The number of hydrogen-bond acceptors (Lipinski definition) is 6. The number of ether oxygens (including phenoxy) is 2. The molecular formula is C23H28N2O4. The van der Waals surface area contributed by atoms with Gasteiger partial charge in [-0.05, 0) is 26.1 Å². The normalized spacial score (nSPS) is 15.8. The van der Waals surface area contributed by atoms with Gasteiger partial charge in [0.2, 0.25) is 0 Å². The fourth-order valence-corrected chi connectivity index (χ4v) is 4.09. The molecule has 0 atom stereocenters. The molecular weight excluding hydrogens is 368 g/mol. The maximum atomic E-state index is 12.8. The van der Waals surface area contributed by atoms with Gasteiger partial charge >= 0.3 is 0 Å². The summed E-state index contributed by atoms with van der Waals surface area (Å²) in [6.45, 7) is 5.25. The van der Waals surface area contributed by atoms with E-state index in [0.29, 0.717) is 29.3 Å². The van der Waals surface area contributed by atoms with Crippen LogP contribution in [0.25, 0.3) is 21.7 Å². The molecule has 0 unspecified atom stereocenters. The van der Waals surface area contributed by atoms with Crippen molar-refractivity contribution in [1.29, 1.82) is 0 Å². The minimum atomic E-state index is 0.0171. The van der Waals surface area contributed by atoms with Gasteiger partial charge in [0.1, 0.15) is 5.75 Å². The standard InChI is InChI=1S/C23H28N2O4/c1-24-11-13-25(14-12-24)10-6-9-19(26)20-15-18-21(27-2)16-7-4-5-8-17(16)22(28-3)23(18)29-20/h4-5,7-8,15H,6,9-14H2,1-3H3. The van der Waals surface area contributed by atoms with Crippen molar-refractivity contribution in [3.8, 4) is 11.5 Å². The van der Waals surface area contributed by atoms with Crippen molar-refractivity contribution in [2.45, 2.75) is 12.8 Å². The molecule has 0 radical (unpaired) electrons. The molecule has 154 valence electrons. The van der Waals surface area contributed by atoms with Gasteiger partial charge in [-0.1, -0.05) is 24.3 Å². The summed E-state index contributed by atoms with van der Waals surface area (Å²) in [5.74, 6) is 1.72. The summed E-state index contributed by atoms with van der Waals surface area (Å²) in [7, 11) is 5.40. The number of methoxy groups -OCH3 is 2. The number of furan rings is 1. The number of benzene rings is 2. The van der Waals surface area contributed by atoms with E-state index < -0.39 is 0 Å². The lowest BCUT2D eigenvalue weighted by Crippen LogP contribution is -2.44. The van der Waals surface area contributed by atoms with E-state index in [4.69, 9.17) is 13.9 Å². The Bertz CT molecular complexity index is 958. The first-order valence-electron chi connectivity index (χ1n) is 10.1. The lowest BCUT2D eigenvalue weighted by atomic mass is 10.0. The average molecular weight is 396 g/mol. The molecule has 6 heteroatoms. The second-order valence-corrected chi connectivity index (χ2v) is 7.64. The Kier molecular flexibility index (Phi) is 5.74. The van der Waals surface area contributed by atoms with E-state index in [9.17, 15) is 4.79 Å². The summed E-state index contributed by atoms with van der Waals surface area (Å²) < 4.78 is 17.3. The predicted octanol–water partition coefficient (Wildman–Crippen LogP) is 3.81. The fraction of sp³-hybridized carbons (Fsp3) is 0.435. The Labute approximate surface area is 171 Å². The van der Waals surface area contributed by atoms with Crippen LogP contribution in [-0.4, -0.2) is 69.6 Å². The van der Waals surface area contributed by atoms with Crippen molar-refractivity contribution >= 4 is 27.5 Å². The number of Topliss-reactive ketones (excluding diaryl/α,β-unsaturated/α-hetero) is 1. The molecule has 3 aromatic rings. The van der Waals surface area contributed by atoms with Gasteiger partial charge in [-0.25, -0.2) is 0 Å². The highest BCUT2D eigenvalue weighted by Crippen LogP contribution is 2.44. The summed E-state index contributed by atoms with van der Waals surface area (Å²) in [6, 6.07) is 9.66. The topological polar surface area (TPSA) is 55.2 Å². The van der Waals surface area contributed by atoms with Gasteiger partial charge in [-0.3, -0.25) is 4.79 Å². The first-order valence-corrected chi connectivity index (χ1v) is 10.1. The third-order valence-corrected chi connectivity index (χ3v) is 5.76. The molecule has 1 aliphatic rings. The van der Waals surface area contributed by atoms with E-state index in [-0.39, 0.29) is 5.78 Å². The largest absolute Gasteiger partial charge is 0.495 e. The molecule has 1 saturated heterocycles. The molecule has 0 bridgehead atoms. The summed E-state index contributed by atoms with van der Waals surface area (Å²) in [5, 5.41) is 2.61. The first-order chi connectivity index (χ1) is 14.1. The number of carbonyl (C=O) groups excluding carboxylic acids is 1. The van der Waals surface area contributed by atoms with Gasteiger partial charge in [0, 0.05) is 43.4 Å². The van der Waals surface area contributed by atoms with Crippen LogP contribution in [-0.2, 0) is 0 Å². The number of piperazine rings is 1. The van der Waals surface area contributed by atoms with Crippen LogP contribution >= 0.6 is 0 Å². The van der Waals surface area contributed by atoms with E-state index in [1.807, 2.05) is 24.3 Å². The Hall–Kier alpha value is -2.57. The monoisotopic (exact) mass is 396 g/mol. The van der Waals surface area contributed by atoms with Gasteiger partial charge in [0.05, 0.1) is 19.6 Å². The van der Waals surface area contributed by atoms with Crippen molar-refractivity contribution in [2.24, 2.45) is 0 Å². The molecule has 1 fully saturated rings. The Morgan fingerprint density at radius 3 is 2.31 bits per heavy atom. The zero-order chi connectivity index (χ0) is 20.4. The first kappa shape index (κ1) is 19.7. The van der Waals surface area contributed by atoms with Gasteiger partial charge in [-0.15, -0.1) is 0 Å². The van der Waals surface area contributed by atoms with E-state index in [1.165, 1.54) is 0 Å². The minimum absolute atomic E-state index is 0.0171. The number of fused-ring (bicyclic) bond motifs is 2. The molecule has 0 N–H and O–H groups in total. The molecule has 0 spiro atoms. The van der Waals surface area contributed by atoms with Crippen LogP contribution < -0.4 is 9.47 Å². The van der Waals surface area contributed by atoms with Gasteiger partial charge in [0.25, 0.3) is 0 Å². The fourth-order valence-electron chi connectivity index (χ4n) is 4.09. The minimum Gasteiger partial charge on any atom is -0.495 e. The van der Waals surface area contributed by atoms with Crippen LogP contribution in [0.2, 0.25) is 0 Å². The number of carbonyl (C=O) groups is 1. The van der Waals surface area contributed by atoms with Crippen LogP contribution in [0.5, 0.6) is 11.5 Å². The SMILES string of the molecule is COc1c2ccccc2c(OC)c2oc(C(=O)CCCN3CCN(C)CC3)cc12. The Morgan fingerprint density at radius 2 is 1.66 bits per heavy atom. The zero-order valence-corrected chi connectivity index (χ0v) is 17.4. The van der Waals surface area contributed by atoms with E-state index >= 15 is 0 Å². The van der Waals surface area contributed by atoms with Crippen LogP contribution in [0.4, 0.5) is 0 Å². The number of rotatable bonds is 7. The predicted molar refractivity (Wildman–Crippen MR) is 114 cm³/mol. The van der Waals surface area contributed by atoms with Crippen molar-refractivity contribution in [1.82, 2.24) is 9.80 Å². The summed E-state index contributed by atoms with van der Waals surface area (Å²) in [6.07, 6.45) is 1.30. The molecule has 0 aliphatic carbocycles. The van der Waals surface area contributed by atoms with Crippen LogP contribution in [0.1, 0.15) is 23.4 Å². The van der Waals surface area contributed by atoms with Crippen LogP contribution in [0.3, 0.4) is 0 Å². The lowest BCUT2D eigenvalue weighted by Gasteiger charge is -2.32.